The molecule has 1 aliphatic rings. The average Bonchev–Trinajstić information content (AvgIpc) is 2.15. The van der Waals surface area contributed by atoms with E-state index in [0.29, 0.717) is 25.5 Å². The van der Waals surface area contributed by atoms with E-state index in [0.717, 1.165) is 13.0 Å². The van der Waals surface area contributed by atoms with E-state index in [1.54, 1.807) is 0 Å². The molecule has 1 rings (SSSR count). The van der Waals surface area contributed by atoms with Crippen molar-refractivity contribution in [2.75, 3.05) is 19.7 Å². The SMILES string of the molecule is CC(C)CCC(=O)C1CNCCO1. The zero-order valence-corrected chi connectivity index (χ0v) is 8.51. The van der Waals surface area contributed by atoms with Crippen LogP contribution in [0.3, 0.4) is 0 Å². The second kappa shape index (κ2) is 5.35. The van der Waals surface area contributed by atoms with Crippen molar-refractivity contribution in [3.8, 4) is 0 Å². The van der Waals surface area contributed by atoms with Crippen LogP contribution in [0.15, 0.2) is 0 Å². The number of nitrogens with one attached hydrogen (secondary N) is 1. The van der Waals surface area contributed by atoms with Crippen LogP contribution in [-0.2, 0) is 9.53 Å². The molecule has 76 valence electrons. The van der Waals surface area contributed by atoms with Gasteiger partial charge in [0.2, 0.25) is 0 Å². The van der Waals surface area contributed by atoms with Gasteiger partial charge in [0.15, 0.2) is 5.78 Å². The highest BCUT2D eigenvalue weighted by molar-refractivity contribution is 5.83. The number of hydrogen-bond donors (Lipinski definition) is 1. The van der Waals surface area contributed by atoms with Crippen LogP contribution in [0.5, 0.6) is 0 Å². The molecule has 1 heterocycles. The maximum absolute atomic E-state index is 11.5. The molecule has 13 heavy (non-hydrogen) atoms. The van der Waals surface area contributed by atoms with Crippen molar-refractivity contribution < 1.29 is 9.53 Å². The lowest BCUT2D eigenvalue weighted by Crippen LogP contribution is -2.43. The van der Waals surface area contributed by atoms with Crippen LogP contribution in [0.2, 0.25) is 0 Å². The van der Waals surface area contributed by atoms with Crippen molar-refractivity contribution in [1.29, 1.82) is 0 Å². The van der Waals surface area contributed by atoms with Crippen LogP contribution < -0.4 is 5.32 Å². The van der Waals surface area contributed by atoms with Crippen LogP contribution in [0.25, 0.3) is 0 Å². The van der Waals surface area contributed by atoms with E-state index < -0.39 is 0 Å². The monoisotopic (exact) mass is 185 g/mol. The molecule has 0 aromatic rings. The summed E-state index contributed by atoms with van der Waals surface area (Å²) in [6, 6.07) is 0. The minimum Gasteiger partial charge on any atom is -0.368 e. The van der Waals surface area contributed by atoms with Crippen LogP contribution in [-0.4, -0.2) is 31.6 Å². The first kappa shape index (κ1) is 10.7. The second-order valence-electron chi connectivity index (χ2n) is 3.96. The molecule has 1 saturated heterocycles. The third-order valence-corrected chi connectivity index (χ3v) is 2.25. The second-order valence-corrected chi connectivity index (χ2v) is 3.96. The predicted octanol–water partition coefficient (Wildman–Crippen LogP) is 0.980. The summed E-state index contributed by atoms with van der Waals surface area (Å²) < 4.78 is 5.36. The number of hydrogen-bond acceptors (Lipinski definition) is 3. The zero-order valence-electron chi connectivity index (χ0n) is 8.51. The zero-order chi connectivity index (χ0) is 9.68. The number of carbonyl (C=O) groups excluding carboxylic acids is 1. The van der Waals surface area contributed by atoms with Crippen molar-refractivity contribution in [1.82, 2.24) is 5.32 Å². The van der Waals surface area contributed by atoms with Crippen LogP contribution in [0.1, 0.15) is 26.7 Å². The van der Waals surface area contributed by atoms with Gasteiger partial charge in [-0.3, -0.25) is 4.79 Å². The van der Waals surface area contributed by atoms with Crippen molar-refractivity contribution in [2.24, 2.45) is 5.92 Å². The third-order valence-electron chi connectivity index (χ3n) is 2.25. The molecular weight excluding hydrogens is 166 g/mol. The summed E-state index contributed by atoms with van der Waals surface area (Å²) in [6.07, 6.45) is 1.44. The highest BCUT2D eigenvalue weighted by Crippen LogP contribution is 2.08. The normalized spacial score (nSPS) is 23.5. The lowest BCUT2D eigenvalue weighted by Gasteiger charge is -2.22. The van der Waals surface area contributed by atoms with Gasteiger partial charge in [0, 0.05) is 19.5 Å². The van der Waals surface area contributed by atoms with E-state index in [4.69, 9.17) is 4.74 Å². The molecule has 1 aliphatic heterocycles. The largest absolute Gasteiger partial charge is 0.368 e. The molecule has 3 heteroatoms. The molecule has 0 spiro atoms. The number of carbonyl (C=O) groups is 1. The van der Waals surface area contributed by atoms with Crippen molar-refractivity contribution >= 4 is 5.78 Å². The molecule has 0 aliphatic carbocycles. The maximum Gasteiger partial charge on any atom is 0.162 e. The quantitative estimate of drug-likeness (QED) is 0.709. The Bertz CT molecular complexity index is 162. The molecule has 0 bridgehead atoms. The molecule has 0 amide bonds. The Balaban J connectivity index is 2.21. The Labute approximate surface area is 79.8 Å². The molecule has 0 radical (unpaired) electrons. The van der Waals surface area contributed by atoms with Crippen LogP contribution >= 0.6 is 0 Å². The van der Waals surface area contributed by atoms with Gasteiger partial charge >= 0.3 is 0 Å². The first-order valence-electron chi connectivity index (χ1n) is 5.05. The Hall–Kier alpha value is -0.410. The Kier molecular flexibility index (Phi) is 4.39. The first-order valence-corrected chi connectivity index (χ1v) is 5.05. The number of morpholine rings is 1. The van der Waals surface area contributed by atoms with Gasteiger partial charge in [0.1, 0.15) is 6.10 Å². The van der Waals surface area contributed by atoms with E-state index in [-0.39, 0.29) is 11.9 Å². The minimum absolute atomic E-state index is 0.188. The molecule has 1 unspecified atom stereocenters. The lowest BCUT2D eigenvalue weighted by molar-refractivity contribution is -0.132. The van der Waals surface area contributed by atoms with Crippen molar-refractivity contribution in [3.05, 3.63) is 0 Å². The smallest absolute Gasteiger partial charge is 0.162 e. The van der Waals surface area contributed by atoms with Gasteiger partial charge in [-0.05, 0) is 12.3 Å². The number of Topliss-reactive ketones (excluding diaryl/α,β-unsaturated/α-hetero) is 1. The average molecular weight is 185 g/mol. The minimum atomic E-state index is -0.188. The molecule has 1 atom stereocenters. The fourth-order valence-electron chi connectivity index (χ4n) is 1.36. The molecular formula is C10H19NO2. The first-order chi connectivity index (χ1) is 6.20. The third kappa shape index (κ3) is 3.87. The van der Waals surface area contributed by atoms with Gasteiger partial charge in [-0.2, -0.15) is 0 Å². The van der Waals surface area contributed by atoms with Crippen LogP contribution in [0, 0.1) is 5.92 Å². The number of ketones is 1. The molecule has 3 nitrogen and oxygen atoms in total. The topological polar surface area (TPSA) is 38.3 Å². The summed E-state index contributed by atoms with van der Waals surface area (Å²) in [7, 11) is 0. The molecule has 0 aromatic carbocycles. The van der Waals surface area contributed by atoms with E-state index in [9.17, 15) is 4.79 Å². The standard InChI is InChI=1S/C10H19NO2/c1-8(2)3-4-9(12)10-7-11-5-6-13-10/h8,10-11H,3-7H2,1-2H3. The van der Waals surface area contributed by atoms with E-state index in [1.165, 1.54) is 0 Å². The highest BCUT2D eigenvalue weighted by atomic mass is 16.5. The lowest BCUT2D eigenvalue weighted by atomic mass is 10.0. The van der Waals surface area contributed by atoms with Crippen LogP contribution in [0.4, 0.5) is 0 Å². The predicted molar refractivity (Wildman–Crippen MR) is 51.7 cm³/mol. The number of rotatable bonds is 4. The Morgan fingerprint density at radius 3 is 2.92 bits per heavy atom. The van der Waals surface area contributed by atoms with Gasteiger partial charge in [0.05, 0.1) is 6.61 Å². The maximum atomic E-state index is 11.5. The Morgan fingerprint density at radius 1 is 1.62 bits per heavy atom. The molecule has 0 aromatic heterocycles. The fraction of sp³-hybridized carbons (Fsp3) is 0.900. The summed E-state index contributed by atoms with van der Waals surface area (Å²) in [4.78, 5) is 11.5. The van der Waals surface area contributed by atoms with Gasteiger partial charge in [0.25, 0.3) is 0 Å². The van der Waals surface area contributed by atoms with Gasteiger partial charge in [-0.25, -0.2) is 0 Å². The summed E-state index contributed by atoms with van der Waals surface area (Å²) in [5, 5.41) is 3.16. The van der Waals surface area contributed by atoms with E-state index in [2.05, 4.69) is 19.2 Å². The summed E-state index contributed by atoms with van der Waals surface area (Å²) in [6.45, 7) is 6.49. The fourth-order valence-corrected chi connectivity index (χ4v) is 1.36. The molecule has 0 saturated carbocycles. The van der Waals surface area contributed by atoms with Crippen molar-refractivity contribution in [3.63, 3.8) is 0 Å². The van der Waals surface area contributed by atoms with Gasteiger partial charge < -0.3 is 10.1 Å². The summed E-state index contributed by atoms with van der Waals surface area (Å²) in [5.41, 5.74) is 0. The number of ether oxygens (including phenoxy) is 1. The van der Waals surface area contributed by atoms with Gasteiger partial charge in [-0.15, -0.1) is 0 Å². The molecule has 1 N–H and O–H groups in total. The van der Waals surface area contributed by atoms with Crippen molar-refractivity contribution in [2.45, 2.75) is 32.8 Å². The summed E-state index contributed by atoms with van der Waals surface area (Å²) >= 11 is 0. The van der Waals surface area contributed by atoms with E-state index >= 15 is 0 Å². The molecule has 1 fully saturated rings. The van der Waals surface area contributed by atoms with E-state index in [1.807, 2.05) is 0 Å². The highest BCUT2D eigenvalue weighted by Gasteiger charge is 2.20. The summed E-state index contributed by atoms with van der Waals surface area (Å²) in [5.74, 6) is 0.849. The Morgan fingerprint density at radius 2 is 2.38 bits per heavy atom. The van der Waals surface area contributed by atoms with Gasteiger partial charge in [-0.1, -0.05) is 13.8 Å².